The summed E-state index contributed by atoms with van der Waals surface area (Å²) in [6.07, 6.45) is 7.96. The van der Waals surface area contributed by atoms with Crippen LogP contribution in [0.15, 0.2) is 0 Å². The molecular formula is C21H29N3O3S. The van der Waals surface area contributed by atoms with Crippen molar-refractivity contribution in [3.63, 3.8) is 0 Å². The molecule has 152 valence electrons. The zero-order valence-corrected chi connectivity index (χ0v) is 17.3. The number of fused-ring (bicyclic) bond motifs is 1. The average molecular weight is 404 g/mol. The van der Waals surface area contributed by atoms with Crippen LogP contribution in [0.5, 0.6) is 0 Å². The molecule has 3 aliphatic rings. The summed E-state index contributed by atoms with van der Waals surface area (Å²) in [6, 6.07) is 0.0584. The third-order valence-electron chi connectivity index (χ3n) is 5.76. The lowest BCUT2D eigenvalue weighted by Gasteiger charge is -2.24. The van der Waals surface area contributed by atoms with Gasteiger partial charge in [-0.2, -0.15) is 0 Å². The van der Waals surface area contributed by atoms with E-state index in [0.717, 1.165) is 37.7 Å². The SMILES string of the molecule is CCCC(=O)NC1CCc2sc(NC(=O)C3CC3)c(C(=O)NCC3CC3)c2C1. The summed E-state index contributed by atoms with van der Waals surface area (Å²) in [5.74, 6) is 0.721. The van der Waals surface area contributed by atoms with Crippen molar-refractivity contribution in [2.45, 2.75) is 70.8 Å². The largest absolute Gasteiger partial charge is 0.353 e. The van der Waals surface area contributed by atoms with Crippen LogP contribution in [-0.2, 0) is 22.4 Å². The van der Waals surface area contributed by atoms with Gasteiger partial charge >= 0.3 is 0 Å². The first-order valence-electron chi connectivity index (χ1n) is 10.6. The highest BCUT2D eigenvalue weighted by molar-refractivity contribution is 7.17. The summed E-state index contributed by atoms with van der Waals surface area (Å²) in [4.78, 5) is 38.5. The van der Waals surface area contributed by atoms with Gasteiger partial charge in [0.1, 0.15) is 5.00 Å². The van der Waals surface area contributed by atoms with Gasteiger partial charge in [-0.25, -0.2) is 0 Å². The van der Waals surface area contributed by atoms with Crippen molar-refractivity contribution in [2.75, 3.05) is 11.9 Å². The van der Waals surface area contributed by atoms with E-state index in [1.54, 1.807) is 0 Å². The highest BCUT2D eigenvalue weighted by Gasteiger charge is 2.34. The van der Waals surface area contributed by atoms with Gasteiger partial charge in [0.25, 0.3) is 5.91 Å². The van der Waals surface area contributed by atoms with E-state index in [9.17, 15) is 14.4 Å². The molecule has 7 heteroatoms. The Kier molecular flexibility index (Phi) is 5.71. The number of carbonyl (C=O) groups is 3. The van der Waals surface area contributed by atoms with E-state index in [0.29, 0.717) is 35.9 Å². The molecule has 1 unspecified atom stereocenters. The lowest BCUT2D eigenvalue weighted by atomic mass is 9.91. The van der Waals surface area contributed by atoms with Crippen molar-refractivity contribution in [3.05, 3.63) is 16.0 Å². The van der Waals surface area contributed by atoms with E-state index < -0.39 is 0 Å². The topological polar surface area (TPSA) is 87.3 Å². The number of amides is 3. The molecule has 3 aliphatic carbocycles. The number of carbonyl (C=O) groups excluding carboxylic acids is 3. The maximum Gasteiger partial charge on any atom is 0.254 e. The van der Waals surface area contributed by atoms with Crippen LogP contribution in [0.25, 0.3) is 0 Å². The molecule has 0 aromatic carbocycles. The van der Waals surface area contributed by atoms with Crippen LogP contribution in [0.2, 0.25) is 0 Å². The molecule has 1 atom stereocenters. The second kappa shape index (κ2) is 8.23. The summed E-state index contributed by atoms with van der Waals surface area (Å²) in [6.45, 7) is 2.70. The molecule has 4 rings (SSSR count). The minimum atomic E-state index is -0.0870. The Labute approximate surface area is 169 Å². The van der Waals surface area contributed by atoms with Gasteiger partial charge in [-0.15, -0.1) is 11.3 Å². The predicted octanol–water partition coefficient (Wildman–Crippen LogP) is 3.01. The second-order valence-corrected chi connectivity index (χ2v) is 9.49. The average Bonchev–Trinajstić information content (AvgIpc) is 3.56. The Hall–Kier alpha value is -1.89. The van der Waals surface area contributed by atoms with Crippen molar-refractivity contribution < 1.29 is 14.4 Å². The normalized spacial score (nSPS) is 21.0. The monoisotopic (exact) mass is 403 g/mol. The lowest BCUT2D eigenvalue weighted by molar-refractivity contribution is -0.122. The van der Waals surface area contributed by atoms with Gasteiger partial charge in [0.15, 0.2) is 0 Å². The molecule has 28 heavy (non-hydrogen) atoms. The number of hydrogen-bond donors (Lipinski definition) is 3. The van der Waals surface area contributed by atoms with Crippen LogP contribution in [0, 0.1) is 11.8 Å². The first-order chi connectivity index (χ1) is 13.5. The number of hydrogen-bond acceptors (Lipinski definition) is 4. The summed E-state index contributed by atoms with van der Waals surface area (Å²) >= 11 is 1.54. The molecule has 0 bridgehead atoms. The third-order valence-corrected chi connectivity index (χ3v) is 6.97. The molecule has 3 N–H and O–H groups in total. The van der Waals surface area contributed by atoms with Crippen LogP contribution < -0.4 is 16.0 Å². The van der Waals surface area contributed by atoms with Gasteiger partial charge in [-0.3, -0.25) is 14.4 Å². The first kappa shape index (κ1) is 19.4. The smallest absolute Gasteiger partial charge is 0.254 e. The molecule has 0 radical (unpaired) electrons. The summed E-state index contributed by atoms with van der Waals surface area (Å²) < 4.78 is 0. The molecular weight excluding hydrogens is 374 g/mol. The second-order valence-electron chi connectivity index (χ2n) is 8.38. The van der Waals surface area contributed by atoms with Gasteiger partial charge < -0.3 is 16.0 Å². The van der Waals surface area contributed by atoms with Crippen molar-refractivity contribution >= 4 is 34.1 Å². The minimum Gasteiger partial charge on any atom is -0.353 e. The Morgan fingerprint density at radius 3 is 2.57 bits per heavy atom. The Bertz CT molecular complexity index is 780. The van der Waals surface area contributed by atoms with Crippen molar-refractivity contribution in [1.29, 1.82) is 0 Å². The number of rotatable bonds is 8. The van der Waals surface area contributed by atoms with Crippen LogP contribution in [-0.4, -0.2) is 30.3 Å². The fourth-order valence-corrected chi connectivity index (χ4v) is 5.01. The molecule has 2 saturated carbocycles. The minimum absolute atomic E-state index is 0.0302. The fourth-order valence-electron chi connectivity index (χ4n) is 3.77. The van der Waals surface area contributed by atoms with E-state index in [1.165, 1.54) is 29.1 Å². The zero-order valence-electron chi connectivity index (χ0n) is 16.4. The molecule has 3 amide bonds. The molecule has 2 fully saturated rings. The van der Waals surface area contributed by atoms with Crippen LogP contribution in [0.4, 0.5) is 5.00 Å². The standard InChI is InChI=1S/C21H29N3O3S/c1-2-3-17(25)23-14-8-9-16-15(10-14)18(20(27)22-11-12-4-5-12)21(28-16)24-19(26)13-6-7-13/h12-14H,2-11H2,1H3,(H,22,27)(H,23,25)(H,24,26). The first-order valence-corrected chi connectivity index (χ1v) is 11.4. The lowest BCUT2D eigenvalue weighted by Crippen LogP contribution is -2.39. The quantitative estimate of drug-likeness (QED) is 0.623. The summed E-state index contributed by atoms with van der Waals surface area (Å²) in [5.41, 5.74) is 1.64. The van der Waals surface area contributed by atoms with Gasteiger partial charge in [0, 0.05) is 29.8 Å². The number of nitrogens with one attached hydrogen (secondary N) is 3. The molecule has 0 spiro atoms. The molecule has 0 aliphatic heterocycles. The van der Waals surface area contributed by atoms with Gasteiger partial charge in [-0.05, 0) is 62.8 Å². The van der Waals surface area contributed by atoms with Crippen LogP contribution in [0.1, 0.15) is 72.7 Å². The highest BCUT2D eigenvalue weighted by Crippen LogP contribution is 2.40. The van der Waals surface area contributed by atoms with E-state index in [4.69, 9.17) is 0 Å². The van der Waals surface area contributed by atoms with Crippen molar-refractivity contribution in [1.82, 2.24) is 10.6 Å². The third kappa shape index (κ3) is 4.57. The Balaban J connectivity index is 1.53. The fraction of sp³-hybridized carbons (Fsp3) is 0.667. The highest BCUT2D eigenvalue weighted by atomic mass is 32.1. The Morgan fingerprint density at radius 2 is 1.89 bits per heavy atom. The van der Waals surface area contributed by atoms with E-state index in [1.807, 2.05) is 6.92 Å². The molecule has 1 heterocycles. The van der Waals surface area contributed by atoms with Crippen molar-refractivity contribution in [2.24, 2.45) is 11.8 Å². The number of aryl methyl sites for hydroxylation is 1. The van der Waals surface area contributed by atoms with Crippen molar-refractivity contribution in [3.8, 4) is 0 Å². The van der Waals surface area contributed by atoms with Gasteiger partial charge in [0.2, 0.25) is 11.8 Å². The maximum atomic E-state index is 13.0. The van der Waals surface area contributed by atoms with Gasteiger partial charge in [-0.1, -0.05) is 6.92 Å². The Morgan fingerprint density at radius 1 is 1.11 bits per heavy atom. The molecule has 1 aromatic rings. The van der Waals surface area contributed by atoms with E-state index in [2.05, 4.69) is 16.0 Å². The molecule has 6 nitrogen and oxygen atoms in total. The van der Waals surface area contributed by atoms with E-state index >= 15 is 0 Å². The zero-order chi connectivity index (χ0) is 19.7. The maximum absolute atomic E-state index is 13.0. The van der Waals surface area contributed by atoms with Crippen LogP contribution in [0.3, 0.4) is 0 Å². The molecule has 1 aromatic heterocycles. The van der Waals surface area contributed by atoms with Gasteiger partial charge in [0.05, 0.1) is 5.56 Å². The summed E-state index contributed by atoms with van der Waals surface area (Å²) in [5, 5.41) is 9.88. The molecule has 0 saturated heterocycles. The number of thiophene rings is 1. The van der Waals surface area contributed by atoms with E-state index in [-0.39, 0.29) is 29.7 Å². The predicted molar refractivity (Wildman–Crippen MR) is 110 cm³/mol. The number of anilines is 1. The summed E-state index contributed by atoms with van der Waals surface area (Å²) in [7, 11) is 0. The van der Waals surface area contributed by atoms with Crippen LogP contribution >= 0.6 is 11.3 Å².